The molecule has 1 fully saturated rings. The minimum atomic E-state index is -0.493. The molecule has 2 aromatic carbocycles. The van der Waals surface area contributed by atoms with Crippen molar-refractivity contribution in [2.24, 2.45) is 5.16 Å². The predicted molar refractivity (Wildman–Crippen MR) is 111 cm³/mol. The van der Waals surface area contributed by atoms with Gasteiger partial charge >= 0.3 is 0 Å². The quantitative estimate of drug-likeness (QED) is 0.620. The predicted octanol–water partition coefficient (Wildman–Crippen LogP) is 3.62. The summed E-state index contributed by atoms with van der Waals surface area (Å²) in [6.45, 7) is 2.02. The third kappa shape index (κ3) is 4.70. The molecule has 2 aliphatic rings. The molecule has 0 spiro atoms. The molecule has 2 heterocycles. The number of oxime groups is 1. The molecule has 30 heavy (non-hydrogen) atoms. The van der Waals surface area contributed by atoms with Gasteiger partial charge in [0.1, 0.15) is 24.8 Å². The van der Waals surface area contributed by atoms with E-state index < -0.39 is 5.60 Å². The molecule has 0 aliphatic carbocycles. The number of amidine groups is 1. The molecular weight excluding hydrogens is 387 g/mol. The Hall–Kier alpha value is -2.74. The molecule has 1 saturated heterocycles. The van der Waals surface area contributed by atoms with E-state index in [0.717, 1.165) is 11.1 Å². The van der Waals surface area contributed by atoms with Crippen LogP contribution in [0.4, 0.5) is 4.39 Å². The molecule has 0 saturated carbocycles. The second kappa shape index (κ2) is 9.38. The number of ether oxygens (including phenoxy) is 3. The molecule has 0 aromatic heterocycles. The summed E-state index contributed by atoms with van der Waals surface area (Å²) in [5.74, 6) is 0.402. The van der Waals surface area contributed by atoms with Gasteiger partial charge in [0.2, 0.25) is 0 Å². The lowest BCUT2D eigenvalue weighted by atomic mass is 9.97. The number of rotatable bonds is 8. The van der Waals surface area contributed by atoms with Gasteiger partial charge in [-0.2, -0.15) is 0 Å². The smallest absolute Gasteiger partial charge is 0.168 e. The molecule has 0 radical (unpaired) electrons. The Morgan fingerprint density at radius 2 is 1.90 bits per heavy atom. The van der Waals surface area contributed by atoms with Crippen LogP contribution in [-0.4, -0.2) is 56.6 Å². The second-order valence-corrected chi connectivity index (χ2v) is 7.41. The molecule has 1 unspecified atom stereocenters. The van der Waals surface area contributed by atoms with Crippen LogP contribution in [0.3, 0.4) is 0 Å². The summed E-state index contributed by atoms with van der Waals surface area (Å²) < 4.78 is 30.0. The first-order chi connectivity index (χ1) is 14.7. The fourth-order valence-electron chi connectivity index (χ4n) is 3.53. The molecule has 6 nitrogen and oxygen atoms in total. The van der Waals surface area contributed by atoms with Crippen molar-refractivity contribution in [3.63, 3.8) is 0 Å². The lowest BCUT2D eigenvalue weighted by molar-refractivity contribution is -0.246. The Kier molecular flexibility index (Phi) is 6.42. The van der Waals surface area contributed by atoms with Gasteiger partial charge in [-0.3, -0.25) is 0 Å². The summed E-state index contributed by atoms with van der Waals surface area (Å²) in [5, 5.41) is 4.30. The molecule has 158 valence electrons. The Labute approximate surface area is 175 Å². The van der Waals surface area contributed by atoms with Gasteiger partial charge in [0, 0.05) is 7.11 Å². The van der Waals surface area contributed by atoms with Gasteiger partial charge in [-0.15, -0.1) is 0 Å². The molecule has 0 bridgehead atoms. The van der Waals surface area contributed by atoms with E-state index in [-0.39, 0.29) is 18.7 Å². The third-order valence-electron chi connectivity index (χ3n) is 5.21. The van der Waals surface area contributed by atoms with Crippen molar-refractivity contribution in [1.82, 2.24) is 4.90 Å². The number of benzene rings is 2. The molecule has 1 atom stereocenters. The van der Waals surface area contributed by atoms with E-state index in [2.05, 4.69) is 10.1 Å². The van der Waals surface area contributed by atoms with E-state index >= 15 is 0 Å². The highest BCUT2D eigenvalue weighted by molar-refractivity contribution is 5.96. The van der Waals surface area contributed by atoms with Crippen LogP contribution in [0.15, 0.2) is 65.8 Å². The first-order valence-electron chi connectivity index (χ1n) is 9.85. The summed E-state index contributed by atoms with van der Waals surface area (Å²) in [6, 6.07) is 16.3. The zero-order chi connectivity index (χ0) is 20.8. The van der Waals surface area contributed by atoms with Gasteiger partial charge < -0.3 is 23.9 Å². The SMILES string of the molecule is COCOC1(CN2C(/C=C/c3ccccc3)=NOCC2c2ccc(F)cc2)COC1. The largest absolute Gasteiger partial charge is 0.392 e. The lowest BCUT2D eigenvalue weighted by Gasteiger charge is -2.46. The van der Waals surface area contributed by atoms with Crippen LogP contribution in [0.1, 0.15) is 17.2 Å². The van der Waals surface area contributed by atoms with Crippen molar-refractivity contribution in [2.45, 2.75) is 11.6 Å². The zero-order valence-corrected chi connectivity index (χ0v) is 16.9. The van der Waals surface area contributed by atoms with Gasteiger partial charge in [0.05, 0.1) is 25.8 Å². The highest BCUT2D eigenvalue weighted by atomic mass is 19.1. The van der Waals surface area contributed by atoms with Crippen molar-refractivity contribution in [2.75, 3.05) is 40.3 Å². The minimum absolute atomic E-state index is 0.137. The van der Waals surface area contributed by atoms with E-state index in [9.17, 15) is 4.39 Å². The average molecular weight is 412 g/mol. The Balaban J connectivity index is 1.62. The van der Waals surface area contributed by atoms with E-state index in [1.807, 2.05) is 42.5 Å². The van der Waals surface area contributed by atoms with Crippen LogP contribution in [0.25, 0.3) is 6.08 Å². The zero-order valence-electron chi connectivity index (χ0n) is 16.9. The summed E-state index contributed by atoms with van der Waals surface area (Å²) in [5.41, 5.74) is 1.51. The van der Waals surface area contributed by atoms with Crippen LogP contribution in [0, 0.1) is 5.82 Å². The topological polar surface area (TPSA) is 52.5 Å². The van der Waals surface area contributed by atoms with Gasteiger partial charge in [0.25, 0.3) is 0 Å². The highest BCUT2D eigenvalue weighted by Crippen LogP contribution is 2.31. The van der Waals surface area contributed by atoms with Crippen LogP contribution in [0.2, 0.25) is 0 Å². The maximum absolute atomic E-state index is 13.5. The fourth-order valence-corrected chi connectivity index (χ4v) is 3.53. The highest BCUT2D eigenvalue weighted by Gasteiger charge is 2.44. The van der Waals surface area contributed by atoms with Crippen LogP contribution in [0.5, 0.6) is 0 Å². The molecular formula is C23H25FN2O4. The number of hydrogen-bond donors (Lipinski definition) is 0. The van der Waals surface area contributed by atoms with Gasteiger partial charge in [-0.1, -0.05) is 53.7 Å². The van der Waals surface area contributed by atoms with Gasteiger partial charge in [-0.25, -0.2) is 4.39 Å². The average Bonchev–Trinajstić information content (AvgIpc) is 2.76. The van der Waals surface area contributed by atoms with Crippen LogP contribution >= 0.6 is 0 Å². The molecule has 4 rings (SSSR count). The summed E-state index contributed by atoms with van der Waals surface area (Å²) >= 11 is 0. The minimum Gasteiger partial charge on any atom is -0.392 e. The van der Waals surface area contributed by atoms with E-state index in [1.165, 1.54) is 12.1 Å². The van der Waals surface area contributed by atoms with Gasteiger partial charge in [0.15, 0.2) is 5.84 Å². The summed E-state index contributed by atoms with van der Waals surface area (Å²) in [7, 11) is 1.60. The van der Waals surface area contributed by atoms with Crippen molar-refractivity contribution in [3.8, 4) is 0 Å². The van der Waals surface area contributed by atoms with E-state index in [1.54, 1.807) is 19.2 Å². The standard InChI is InChI=1S/C23H25FN2O4/c1-27-17-29-23(15-28-16-23)14-26-21(19-8-10-20(24)11-9-19)13-30-25-22(26)12-7-18-5-3-2-4-6-18/h2-12,21H,13-17H2,1H3/b12-7+. The van der Waals surface area contributed by atoms with Crippen LogP contribution in [-0.2, 0) is 19.0 Å². The van der Waals surface area contributed by atoms with E-state index in [0.29, 0.717) is 32.2 Å². The normalized spacial score (nSPS) is 20.5. The molecule has 7 heteroatoms. The van der Waals surface area contributed by atoms with Crippen molar-refractivity contribution in [1.29, 1.82) is 0 Å². The summed E-state index contributed by atoms with van der Waals surface area (Å²) in [6.07, 6.45) is 3.91. The Morgan fingerprint density at radius 1 is 1.13 bits per heavy atom. The molecule has 0 amide bonds. The van der Waals surface area contributed by atoms with Crippen molar-refractivity contribution < 1.29 is 23.4 Å². The Morgan fingerprint density at radius 3 is 2.57 bits per heavy atom. The first kappa shape index (κ1) is 20.5. The Bertz CT molecular complexity index is 882. The van der Waals surface area contributed by atoms with Crippen molar-refractivity contribution >= 4 is 11.9 Å². The lowest BCUT2D eigenvalue weighted by Crippen LogP contribution is -2.61. The summed E-state index contributed by atoms with van der Waals surface area (Å²) in [4.78, 5) is 7.68. The maximum Gasteiger partial charge on any atom is 0.168 e. The fraction of sp³-hybridized carbons (Fsp3) is 0.348. The first-order valence-corrected chi connectivity index (χ1v) is 9.85. The van der Waals surface area contributed by atoms with E-state index in [4.69, 9.17) is 19.0 Å². The maximum atomic E-state index is 13.5. The monoisotopic (exact) mass is 412 g/mol. The van der Waals surface area contributed by atoms with Crippen molar-refractivity contribution in [3.05, 3.63) is 77.6 Å². The number of hydrogen-bond acceptors (Lipinski definition) is 6. The van der Waals surface area contributed by atoms with Gasteiger partial charge in [-0.05, 0) is 29.3 Å². The number of nitrogens with zero attached hydrogens (tertiary/aromatic N) is 2. The second-order valence-electron chi connectivity index (χ2n) is 7.41. The molecule has 2 aliphatic heterocycles. The van der Waals surface area contributed by atoms with Crippen LogP contribution < -0.4 is 0 Å². The third-order valence-corrected chi connectivity index (χ3v) is 5.21. The number of methoxy groups -OCH3 is 1. The molecule has 0 N–H and O–H groups in total. The molecule has 2 aromatic rings. The number of halogens is 1.